The Morgan fingerprint density at radius 1 is 1.15 bits per heavy atom. The maximum Gasteiger partial charge on any atom is 0.217 e. The van der Waals surface area contributed by atoms with Gasteiger partial charge in [0.05, 0.1) is 13.2 Å². The number of hydrogen-bond donors (Lipinski definition) is 0. The third kappa shape index (κ3) is 5.73. The van der Waals surface area contributed by atoms with Gasteiger partial charge in [0.2, 0.25) is 5.88 Å². The molecule has 178 valence electrons. The van der Waals surface area contributed by atoms with Gasteiger partial charge in [-0.2, -0.15) is 11.8 Å². The van der Waals surface area contributed by atoms with Crippen molar-refractivity contribution in [1.82, 2.24) is 4.98 Å². The number of aromatic nitrogens is 1. The molecule has 0 saturated carbocycles. The summed E-state index contributed by atoms with van der Waals surface area (Å²) in [4.78, 5) is 15.3. The second kappa shape index (κ2) is 11.4. The fourth-order valence-corrected chi connectivity index (χ4v) is 4.77. The molecule has 1 aromatic heterocycles. The Balaban J connectivity index is 1.44. The summed E-state index contributed by atoms with van der Waals surface area (Å²) in [5.41, 5.74) is 6.82. The maximum absolute atomic E-state index is 10.8. The number of carbonyl (C=O) groups excluding carboxylic acids is 1. The number of carbonyl (C=O) groups is 1. The van der Waals surface area contributed by atoms with E-state index in [1.165, 1.54) is 16.7 Å². The normalized spacial score (nSPS) is 14.4. The highest BCUT2D eigenvalue weighted by Gasteiger charge is 2.25. The molecule has 2 heterocycles. The molecular weight excluding hydrogens is 446 g/mol. The van der Waals surface area contributed by atoms with Crippen LogP contribution in [0.3, 0.4) is 0 Å². The van der Waals surface area contributed by atoms with Crippen LogP contribution in [0.5, 0.6) is 17.4 Å². The number of pyridine rings is 1. The van der Waals surface area contributed by atoms with E-state index in [1.807, 2.05) is 17.8 Å². The molecule has 0 spiro atoms. The number of aldehydes is 1. The van der Waals surface area contributed by atoms with Gasteiger partial charge in [-0.3, -0.25) is 0 Å². The van der Waals surface area contributed by atoms with Crippen molar-refractivity contribution in [3.63, 3.8) is 0 Å². The summed E-state index contributed by atoms with van der Waals surface area (Å²) < 4.78 is 17.6. The Bertz CT molecular complexity index is 1120. The van der Waals surface area contributed by atoms with Crippen molar-refractivity contribution in [2.24, 2.45) is 0 Å². The van der Waals surface area contributed by atoms with E-state index in [9.17, 15) is 4.79 Å². The molecule has 1 unspecified atom stereocenters. The summed E-state index contributed by atoms with van der Waals surface area (Å²) in [5, 5.41) is 0. The second-order valence-corrected chi connectivity index (χ2v) is 9.57. The monoisotopic (exact) mass is 477 g/mol. The minimum absolute atomic E-state index is 0.0874. The molecule has 3 aromatic rings. The number of nitrogens with zero attached hydrogens (tertiary/aromatic N) is 1. The van der Waals surface area contributed by atoms with E-state index in [1.54, 1.807) is 6.20 Å². The highest BCUT2D eigenvalue weighted by molar-refractivity contribution is 7.98. The largest absolute Gasteiger partial charge is 0.494 e. The highest BCUT2D eigenvalue weighted by Crippen LogP contribution is 2.37. The highest BCUT2D eigenvalue weighted by atomic mass is 32.2. The van der Waals surface area contributed by atoms with Crippen molar-refractivity contribution in [1.29, 1.82) is 0 Å². The zero-order valence-corrected chi connectivity index (χ0v) is 20.8. The molecule has 4 rings (SSSR count). The molecule has 0 amide bonds. The van der Waals surface area contributed by atoms with E-state index in [-0.39, 0.29) is 5.92 Å². The van der Waals surface area contributed by atoms with Crippen molar-refractivity contribution >= 4 is 18.0 Å². The molecule has 0 aliphatic carbocycles. The van der Waals surface area contributed by atoms with Crippen molar-refractivity contribution in [3.8, 4) is 28.5 Å². The van der Waals surface area contributed by atoms with Gasteiger partial charge in [0.1, 0.15) is 24.4 Å². The molecule has 1 atom stereocenters. The molecule has 2 aromatic carbocycles. The van der Waals surface area contributed by atoms with Crippen molar-refractivity contribution < 1.29 is 19.0 Å². The molecule has 1 aliphatic heterocycles. The lowest BCUT2D eigenvalue weighted by molar-refractivity contribution is -0.108. The fourth-order valence-electron chi connectivity index (χ4n) is 4.36. The lowest BCUT2D eigenvalue weighted by Crippen LogP contribution is -2.01. The van der Waals surface area contributed by atoms with Crippen LogP contribution in [-0.4, -0.2) is 36.5 Å². The third-order valence-corrected chi connectivity index (χ3v) is 6.70. The quantitative estimate of drug-likeness (QED) is 0.244. The average molecular weight is 478 g/mol. The molecule has 5 nitrogen and oxygen atoms in total. The van der Waals surface area contributed by atoms with E-state index in [0.29, 0.717) is 25.5 Å². The summed E-state index contributed by atoms with van der Waals surface area (Å²) >= 11 is 1.84. The smallest absolute Gasteiger partial charge is 0.217 e. The van der Waals surface area contributed by atoms with E-state index in [0.717, 1.165) is 53.3 Å². The zero-order valence-electron chi connectivity index (χ0n) is 20.0. The number of hydrogen-bond acceptors (Lipinski definition) is 6. The van der Waals surface area contributed by atoms with Crippen LogP contribution in [0.25, 0.3) is 11.1 Å². The Hall–Kier alpha value is -2.99. The summed E-state index contributed by atoms with van der Waals surface area (Å²) in [5.74, 6) is 3.40. The molecule has 0 fully saturated rings. The van der Waals surface area contributed by atoms with E-state index < -0.39 is 0 Å². The van der Waals surface area contributed by atoms with Crippen molar-refractivity contribution in [3.05, 3.63) is 70.9 Å². The third-order valence-electron chi connectivity index (χ3n) is 6.00. The number of benzene rings is 2. The van der Waals surface area contributed by atoms with Gasteiger partial charge >= 0.3 is 0 Å². The molecule has 0 radical (unpaired) electrons. The number of rotatable bonds is 11. The van der Waals surface area contributed by atoms with E-state index >= 15 is 0 Å². The van der Waals surface area contributed by atoms with Crippen LogP contribution >= 0.6 is 11.8 Å². The minimum Gasteiger partial charge on any atom is -0.494 e. The van der Waals surface area contributed by atoms with Crippen LogP contribution in [0.2, 0.25) is 0 Å². The van der Waals surface area contributed by atoms with Crippen LogP contribution in [0.4, 0.5) is 0 Å². The van der Waals surface area contributed by atoms with Gasteiger partial charge in [-0.1, -0.05) is 18.2 Å². The molecule has 0 saturated heterocycles. The molecular formula is C28H31NO4S. The Kier molecular flexibility index (Phi) is 8.12. The first kappa shape index (κ1) is 24.1. The number of ether oxygens (including phenoxy) is 3. The lowest BCUT2D eigenvalue weighted by Gasteiger charge is -2.15. The first-order valence-corrected chi connectivity index (χ1v) is 13.0. The van der Waals surface area contributed by atoms with E-state index in [4.69, 9.17) is 14.2 Å². The summed E-state index contributed by atoms with van der Waals surface area (Å²) in [7, 11) is 0. The van der Waals surface area contributed by atoms with Crippen LogP contribution in [-0.2, 0) is 11.4 Å². The first-order valence-electron chi connectivity index (χ1n) is 11.6. The minimum atomic E-state index is 0.0874. The fraction of sp³-hybridized carbons (Fsp3) is 0.357. The predicted molar refractivity (Wildman–Crippen MR) is 137 cm³/mol. The summed E-state index contributed by atoms with van der Waals surface area (Å²) in [6.07, 6.45) is 6.31. The first-order chi connectivity index (χ1) is 16.6. The van der Waals surface area contributed by atoms with Crippen LogP contribution in [0.15, 0.2) is 48.7 Å². The van der Waals surface area contributed by atoms with Gasteiger partial charge in [-0.25, -0.2) is 4.98 Å². The summed E-state index contributed by atoms with van der Waals surface area (Å²) in [6.45, 7) is 5.93. The summed E-state index contributed by atoms with van der Waals surface area (Å²) in [6, 6.07) is 14.5. The Morgan fingerprint density at radius 3 is 2.74 bits per heavy atom. The van der Waals surface area contributed by atoms with Gasteiger partial charge in [-0.15, -0.1) is 0 Å². The van der Waals surface area contributed by atoms with Crippen LogP contribution < -0.4 is 14.2 Å². The van der Waals surface area contributed by atoms with Gasteiger partial charge in [-0.05, 0) is 78.3 Å². The molecule has 0 N–H and O–H groups in total. The van der Waals surface area contributed by atoms with Gasteiger partial charge in [0, 0.05) is 30.2 Å². The van der Waals surface area contributed by atoms with Gasteiger partial charge < -0.3 is 19.0 Å². The topological polar surface area (TPSA) is 57.7 Å². The van der Waals surface area contributed by atoms with Gasteiger partial charge in [0.15, 0.2) is 0 Å². The number of fused-ring (bicyclic) bond motifs is 1. The lowest BCUT2D eigenvalue weighted by atomic mass is 9.94. The van der Waals surface area contributed by atoms with Crippen LogP contribution in [0, 0.1) is 13.8 Å². The standard InChI is InChI=1S/C28H31NO4S/c1-19-12-24(31-10-5-11-34-3)13-20(2)28(19)22-7-4-6-21(14-22)17-33-27-15-26-25(16-29-27)23(8-9-30)18-32-26/h4,6-7,9,12-16,23H,5,8,10-11,17-18H2,1-3H3. The molecule has 34 heavy (non-hydrogen) atoms. The second-order valence-electron chi connectivity index (χ2n) is 8.59. The average Bonchev–Trinajstić information content (AvgIpc) is 3.23. The SMILES string of the molecule is CSCCCOc1cc(C)c(-c2cccc(COc3cc4c(cn3)C(CC=O)CO4)c2)c(C)c1. The predicted octanol–water partition coefficient (Wildman–Crippen LogP) is 6.14. The molecule has 6 heteroatoms. The number of thioether (sulfide) groups is 1. The Morgan fingerprint density at radius 2 is 1.97 bits per heavy atom. The van der Waals surface area contributed by atoms with Crippen LogP contribution in [0.1, 0.15) is 41.0 Å². The Labute approximate surface area is 205 Å². The molecule has 1 aliphatic rings. The van der Waals surface area contributed by atoms with E-state index in [2.05, 4.69) is 61.5 Å². The zero-order chi connectivity index (χ0) is 23.9. The number of aryl methyl sites for hydroxylation is 2. The molecule has 0 bridgehead atoms. The maximum atomic E-state index is 10.8. The van der Waals surface area contributed by atoms with Gasteiger partial charge in [0.25, 0.3) is 0 Å². The van der Waals surface area contributed by atoms with Crippen molar-refractivity contribution in [2.45, 2.75) is 39.2 Å². The van der Waals surface area contributed by atoms with Crippen molar-refractivity contribution in [2.75, 3.05) is 25.2 Å².